The van der Waals surface area contributed by atoms with Crippen molar-refractivity contribution in [1.82, 2.24) is 15.5 Å². The fourth-order valence-corrected chi connectivity index (χ4v) is 2.67. The molecule has 1 aliphatic carbocycles. The van der Waals surface area contributed by atoms with Gasteiger partial charge in [0.05, 0.1) is 0 Å². The van der Waals surface area contributed by atoms with Crippen LogP contribution >= 0.6 is 0 Å². The topological polar surface area (TPSA) is 44.4 Å². The van der Waals surface area contributed by atoms with Crippen molar-refractivity contribution in [1.29, 1.82) is 0 Å². The van der Waals surface area contributed by atoms with Gasteiger partial charge in [-0.1, -0.05) is 19.8 Å². The summed E-state index contributed by atoms with van der Waals surface area (Å²) in [6.45, 7) is 3.87. The Balaban J connectivity index is 2.02. The first-order valence-corrected chi connectivity index (χ1v) is 7.32. The Hall–Kier alpha value is -0.770. The minimum atomic E-state index is -0.0107. The van der Waals surface area contributed by atoms with E-state index in [4.69, 9.17) is 0 Å². The molecule has 0 radical (unpaired) electrons. The van der Waals surface area contributed by atoms with E-state index >= 15 is 0 Å². The Morgan fingerprint density at radius 2 is 1.83 bits per heavy atom. The van der Waals surface area contributed by atoms with Crippen molar-refractivity contribution >= 4 is 6.03 Å². The van der Waals surface area contributed by atoms with Crippen LogP contribution in [0.1, 0.15) is 45.4 Å². The Morgan fingerprint density at radius 1 is 1.17 bits per heavy atom. The maximum absolute atomic E-state index is 11.3. The lowest BCUT2D eigenvalue weighted by atomic mass is 9.83. The molecule has 0 bridgehead atoms. The maximum Gasteiger partial charge on any atom is 0.316 e. The summed E-state index contributed by atoms with van der Waals surface area (Å²) in [6.07, 6.45) is 8.05. The van der Waals surface area contributed by atoms with Gasteiger partial charge in [0, 0.05) is 33.2 Å². The second-order valence-corrected chi connectivity index (χ2v) is 5.59. The lowest BCUT2D eigenvalue weighted by Crippen LogP contribution is -2.41. The van der Waals surface area contributed by atoms with Crippen LogP contribution in [-0.4, -0.2) is 44.2 Å². The zero-order valence-electron chi connectivity index (χ0n) is 12.2. The van der Waals surface area contributed by atoms with Crippen LogP contribution in [0.5, 0.6) is 0 Å². The van der Waals surface area contributed by atoms with Crippen LogP contribution < -0.4 is 10.6 Å². The Morgan fingerprint density at radius 3 is 2.39 bits per heavy atom. The van der Waals surface area contributed by atoms with Gasteiger partial charge in [-0.25, -0.2) is 4.79 Å². The largest absolute Gasteiger partial charge is 0.337 e. The number of rotatable bonds is 6. The van der Waals surface area contributed by atoms with Gasteiger partial charge in [-0.3, -0.25) is 0 Å². The van der Waals surface area contributed by atoms with Crippen molar-refractivity contribution in [3.05, 3.63) is 0 Å². The SMILES string of the molecule is CCCC1CCC(NCCNC(=O)N(C)C)CC1. The molecule has 4 heteroatoms. The summed E-state index contributed by atoms with van der Waals surface area (Å²) in [5, 5.41) is 6.42. The molecule has 1 fully saturated rings. The average Bonchev–Trinajstić information content (AvgIpc) is 2.36. The molecule has 1 rings (SSSR count). The molecule has 2 amide bonds. The molecule has 106 valence electrons. The van der Waals surface area contributed by atoms with E-state index in [1.54, 1.807) is 19.0 Å². The van der Waals surface area contributed by atoms with Crippen LogP contribution in [0.2, 0.25) is 0 Å². The first kappa shape index (κ1) is 15.3. The number of hydrogen-bond acceptors (Lipinski definition) is 2. The molecule has 0 aliphatic heterocycles. The highest BCUT2D eigenvalue weighted by Crippen LogP contribution is 2.27. The number of nitrogens with one attached hydrogen (secondary N) is 2. The van der Waals surface area contributed by atoms with Crippen LogP contribution in [0.15, 0.2) is 0 Å². The van der Waals surface area contributed by atoms with E-state index in [0.717, 1.165) is 12.5 Å². The minimum absolute atomic E-state index is 0.0107. The van der Waals surface area contributed by atoms with Crippen molar-refractivity contribution < 1.29 is 4.79 Å². The standard InChI is InChI=1S/C14H29N3O/c1-4-5-12-6-8-13(9-7-12)15-10-11-16-14(18)17(2)3/h12-13,15H,4-11H2,1-3H3,(H,16,18). The smallest absolute Gasteiger partial charge is 0.316 e. The van der Waals surface area contributed by atoms with Crippen LogP contribution in [0.25, 0.3) is 0 Å². The number of nitrogens with zero attached hydrogens (tertiary/aromatic N) is 1. The molecular formula is C14H29N3O. The third kappa shape index (κ3) is 5.71. The van der Waals surface area contributed by atoms with Gasteiger partial charge in [-0.05, 0) is 31.6 Å². The molecular weight excluding hydrogens is 226 g/mol. The van der Waals surface area contributed by atoms with Crippen LogP contribution in [-0.2, 0) is 0 Å². The van der Waals surface area contributed by atoms with E-state index < -0.39 is 0 Å². The second-order valence-electron chi connectivity index (χ2n) is 5.59. The van der Waals surface area contributed by atoms with E-state index in [0.29, 0.717) is 12.6 Å². The average molecular weight is 255 g/mol. The highest BCUT2D eigenvalue weighted by Gasteiger charge is 2.19. The molecule has 1 aliphatic rings. The molecule has 4 nitrogen and oxygen atoms in total. The first-order chi connectivity index (χ1) is 8.63. The van der Waals surface area contributed by atoms with E-state index in [9.17, 15) is 4.79 Å². The monoisotopic (exact) mass is 255 g/mol. The number of urea groups is 1. The number of hydrogen-bond donors (Lipinski definition) is 2. The normalized spacial score (nSPS) is 23.7. The Bertz CT molecular complexity index is 235. The summed E-state index contributed by atoms with van der Waals surface area (Å²) < 4.78 is 0. The van der Waals surface area contributed by atoms with Gasteiger partial charge in [0.2, 0.25) is 0 Å². The molecule has 0 atom stereocenters. The summed E-state index contributed by atoms with van der Waals surface area (Å²) in [5.41, 5.74) is 0. The molecule has 0 aromatic rings. The summed E-state index contributed by atoms with van der Waals surface area (Å²) in [7, 11) is 3.52. The van der Waals surface area contributed by atoms with Gasteiger partial charge >= 0.3 is 6.03 Å². The van der Waals surface area contributed by atoms with Crippen molar-refractivity contribution in [2.75, 3.05) is 27.2 Å². The minimum Gasteiger partial charge on any atom is -0.337 e. The zero-order valence-corrected chi connectivity index (χ0v) is 12.2. The second kappa shape index (κ2) is 8.35. The third-order valence-electron chi connectivity index (χ3n) is 3.78. The van der Waals surface area contributed by atoms with Gasteiger partial charge in [0.1, 0.15) is 0 Å². The third-order valence-corrected chi connectivity index (χ3v) is 3.78. The van der Waals surface area contributed by atoms with E-state index in [1.165, 1.54) is 38.5 Å². The summed E-state index contributed by atoms with van der Waals surface area (Å²) in [6, 6.07) is 0.651. The maximum atomic E-state index is 11.3. The fraction of sp³-hybridized carbons (Fsp3) is 0.929. The van der Waals surface area contributed by atoms with Gasteiger partial charge in [-0.2, -0.15) is 0 Å². The van der Waals surface area contributed by atoms with E-state index in [1.807, 2.05) is 0 Å². The van der Waals surface area contributed by atoms with E-state index in [2.05, 4.69) is 17.6 Å². The Kier molecular flexibility index (Phi) is 7.09. The molecule has 0 spiro atoms. The van der Waals surface area contributed by atoms with Crippen molar-refractivity contribution in [2.45, 2.75) is 51.5 Å². The Labute approximate surface area is 111 Å². The fourth-order valence-electron chi connectivity index (χ4n) is 2.67. The van der Waals surface area contributed by atoms with Crippen LogP contribution in [0.3, 0.4) is 0 Å². The van der Waals surface area contributed by atoms with Crippen molar-refractivity contribution in [3.8, 4) is 0 Å². The van der Waals surface area contributed by atoms with Crippen molar-refractivity contribution in [3.63, 3.8) is 0 Å². The molecule has 0 unspecified atom stereocenters. The quantitative estimate of drug-likeness (QED) is 0.715. The van der Waals surface area contributed by atoms with Gasteiger partial charge in [0.15, 0.2) is 0 Å². The predicted octanol–water partition coefficient (Wildman–Crippen LogP) is 2.21. The van der Waals surface area contributed by atoms with Gasteiger partial charge in [-0.15, -0.1) is 0 Å². The molecule has 18 heavy (non-hydrogen) atoms. The lowest BCUT2D eigenvalue weighted by molar-refractivity contribution is 0.217. The molecule has 1 saturated carbocycles. The number of carbonyl (C=O) groups excluding carboxylic acids is 1. The van der Waals surface area contributed by atoms with Gasteiger partial charge < -0.3 is 15.5 Å². The highest BCUT2D eigenvalue weighted by molar-refractivity contribution is 5.73. The number of carbonyl (C=O) groups is 1. The summed E-state index contributed by atoms with van der Waals surface area (Å²) in [4.78, 5) is 12.9. The highest BCUT2D eigenvalue weighted by atomic mass is 16.2. The predicted molar refractivity (Wildman–Crippen MR) is 75.7 cm³/mol. The first-order valence-electron chi connectivity index (χ1n) is 7.32. The summed E-state index contributed by atoms with van der Waals surface area (Å²) >= 11 is 0. The molecule has 0 heterocycles. The van der Waals surface area contributed by atoms with Crippen molar-refractivity contribution in [2.24, 2.45) is 5.92 Å². The van der Waals surface area contributed by atoms with Gasteiger partial charge in [0.25, 0.3) is 0 Å². The lowest BCUT2D eigenvalue weighted by Gasteiger charge is -2.29. The zero-order chi connectivity index (χ0) is 13.4. The number of amides is 2. The molecule has 2 N–H and O–H groups in total. The molecule has 0 aromatic heterocycles. The van der Waals surface area contributed by atoms with Crippen LogP contribution in [0, 0.1) is 5.92 Å². The summed E-state index contributed by atoms with van der Waals surface area (Å²) in [5.74, 6) is 0.960. The molecule has 0 saturated heterocycles. The molecule has 0 aromatic carbocycles. The van der Waals surface area contributed by atoms with Crippen LogP contribution in [0.4, 0.5) is 4.79 Å². The van der Waals surface area contributed by atoms with E-state index in [-0.39, 0.29) is 6.03 Å².